The molecule has 2 N–H and O–H groups in total. The van der Waals surface area contributed by atoms with Crippen LogP contribution < -0.4 is 5.32 Å². The van der Waals surface area contributed by atoms with Crippen molar-refractivity contribution in [1.29, 1.82) is 0 Å². The lowest BCUT2D eigenvalue weighted by Gasteiger charge is -2.03. The number of amides is 1. The van der Waals surface area contributed by atoms with Crippen LogP contribution >= 0.6 is 11.3 Å². The molecule has 0 unspecified atom stereocenters. The number of H-pyrrole nitrogens is 1. The zero-order chi connectivity index (χ0) is 14.5. The number of aromatic amines is 1. The number of hydrogen-bond acceptors (Lipinski definition) is 5. The van der Waals surface area contributed by atoms with E-state index in [4.69, 9.17) is 0 Å². The number of nitrogens with one attached hydrogen (secondary N) is 2. The first-order valence-electron chi connectivity index (χ1n) is 6.46. The highest BCUT2D eigenvalue weighted by Gasteiger charge is 2.12. The van der Waals surface area contributed by atoms with Gasteiger partial charge in [0.2, 0.25) is 0 Å². The van der Waals surface area contributed by atoms with Gasteiger partial charge in [0, 0.05) is 11.9 Å². The van der Waals surface area contributed by atoms with E-state index in [-0.39, 0.29) is 5.91 Å². The van der Waals surface area contributed by atoms with Gasteiger partial charge in [0.25, 0.3) is 5.91 Å². The summed E-state index contributed by atoms with van der Waals surface area (Å²) in [5, 5.41) is 11.7. The van der Waals surface area contributed by atoms with Crippen molar-refractivity contribution in [3.8, 4) is 10.8 Å². The molecule has 0 aliphatic carbocycles. The number of carbonyl (C=O) groups excluding carboxylic acids is 1. The van der Waals surface area contributed by atoms with Crippen molar-refractivity contribution in [2.45, 2.75) is 6.42 Å². The average molecular weight is 299 g/mol. The van der Waals surface area contributed by atoms with Crippen molar-refractivity contribution in [3.63, 3.8) is 0 Å². The zero-order valence-corrected chi connectivity index (χ0v) is 11.9. The van der Waals surface area contributed by atoms with Crippen LogP contribution in [0.25, 0.3) is 10.8 Å². The van der Waals surface area contributed by atoms with Crippen molar-refractivity contribution >= 4 is 17.2 Å². The average Bonchev–Trinajstić information content (AvgIpc) is 3.19. The largest absolute Gasteiger partial charge is 0.350 e. The van der Waals surface area contributed by atoms with E-state index in [2.05, 4.69) is 25.5 Å². The van der Waals surface area contributed by atoms with Crippen LogP contribution in [0.5, 0.6) is 0 Å². The van der Waals surface area contributed by atoms with Crippen LogP contribution in [0.15, 0.2) is 42.0 Å². The maximum atomic E-state index is 12.0. The van der Waals surface area contributed by atoms with Gasteiger partial charge in [-0.25, -0.2) is 9.97 Å². The number of carbonyl (C=O) groups is 1. The minimum absolute atomic E-state index is 0.173. The number of hydrogen-bond donors (Lipinski definition) is 2. The number of benzene rings is 1. The first kappa shape index (κ1) is 13.4. The second kappa shape index (κ2) is 6.27. The second-order valence-electron chi connectivity index (χ2n) is 4.36. The fourth-order valence-electron chi connectivity index (χ4n) is 1.85. The van der Waals surface area contributed by atoms with Crippen LogP contribution in [0.4, 0.5) is 0 Å². The smallest absolute Gasteiger partial charge is 0.270 e. The van der Waals surface area contributed by atoms with Crippen molar-refractivity contribution in [2.24, 2.45) is 0 Å². The van der Waals surface area contributed by atoms with Gasteiger partial charge in [0.05, 0.1) is 0 Å². The maximum Gasteiger partial charge on any atom is 0.270 e. The minimum atomic E-state index is -0.173. The van der Waals surface area contributed by atoms with Crippen LogP contribution in [0, 0.1) is 0 Å². The Hall–Kier alpha value is -2.54. The van der Waals surface area contributed by atoms with E-state index in [0.29, 0.717) is 23.1 Å². The molecular weight excluding hydrogens is 286 g/mol. The molecule has 7 heteroatoms. The molecule has 6 nitrogen and oxygen atoms in total. The topological polar surface area (TPSA) is 83.6 Å². The summed E-state index contributed by atoms with van der Waals surface area (Å²) in [4.78, 5) is 20.3. The molecule has 1 amide bonds. The molecule has 0 fully saturated rings. The zero-order valence-electron chi connectivity index (χ0n) is 11.1. The van der Waals surface area contributed by atoms with Gasteiger partial charge in [0.15, 0.2) is 10.8 Å². The summed E-state index contributed by atoms with van der Waals surface area (Å²) in [7, 11) is 0. The van der Waals surface area contributed by atoms with E-state index >= 15 is 0 Å². The molecule has 0 saturated heterocycles. The van der Waals surface area contributed by atoms with E-state index in [9.17, 15) is 4.79 Å². The van der Waals surface area contributed by atoms with Crippen LogP contribution in [-0.2, 0) is 6.42 Å². The molecule has 0 radical (unpaired) electrons. The summed E-state index contributed by atoms with van der Waals surface area (Å²) < 4.78 is 0. The maximum absolute atomic E-state index is 12.0. The highest BCUT2D eigenvalue weighted by molar-refractivity contribution is 7.13. The van der Waals surface area contributed by atoms with Gasteiger partial charge in [-0.05, 0) is 12.0 Å². The summed E-state index contributed by atoms with van der Waals surface area (Å²) in [5.74, 6) is 0.399. The lowest BCUT2D eigenvalue weighted by molar-refractivity contribution is 0.0950. The molecule has 0 bridgehead atoms. The summed E-state index contributed by atoms with van der Waals surface area (Å²) >= 11 is 1.36. The Morgan fingerprint density at radius 1 is 1.29 bits per heavy atom. The lowest BCUT2D eigenvalue weighted by atomic mass is 10.1. The molecule has 2 heterocycles. The van der Waals surface area contributed by atoms with Gasteiger partial charge in [0.1, 0.15) is 12.0 Å². The number of rotatable bonds is 5. The van der Waals surface area contributed by atoms with Crippen LogP contribution in [0.3, 0.4) is 0 Å². The predicted molar refractivity (Wildman–Crippen MR) is 80.0 cm³/mol. The number of nitrogens with zero attached hydrogens (tertiary/aromatic N) is 3. The normalized spacial score (nSPS) is 10.5. The van der Waals surface area contributed by atoms with E-state index in [1.165, 1.54) is 23.2 Å². The molecule has 106 valence electrons. The molecule has 0 aliphatic rings. The Labute approximate surface area is 125 Å². The molecule has 3 aromatic rings. The van der Waals surface area contributed by atoms with E-state index < -0.39 is 0 Å². The van der Waals surface area contributed by atoms with Gasteiger partial charge in [-0.2, -0.15) is 5.10 Å². The summed E-state index contributed by atoms with van der Waals surface area (Å²) in [6, 6.07) is 10.0. The highest BCUT2D eigenvalue weighted by atomic mass is 32.1. The lowest BCUT2D eigenvalue weighted by Crippen LogP contribution is -2.25. The van der Waals surface area contributed by atoms with Gasteiger partial charge in [-0.3, -0.25) is 9.89 Å². The van der Waals surface area contributed by atoms with Crippen molar-refractivity contribution in [3.05, 3.63) is 53.3 Å². The van der Waals surface area contributed by atoms with Gasteiger partial charge >= 0.3 is 0 Å². The Morgan fingerprint density at radius 2 is 2.14 bits per heavy atom. The highest BCUT2D eigenvalue weighted by Crippen LogP contribution is 2.19. The third-order valence-electron chi connectivity index (χ3n) is 2.90. The molecule has 0 saturated carbocycles. The molecule has 0 spiro atoms. The fraction of sp³-hybridized carbons (Fsp3) is 0.143. The van der Waals surface area contributed by atoms with E-state index in [1.807, 2.05) is 30.3 Å². The Bertz CT molecular complexity index is 708. The quantitative estimate of drug-likeness (QED) is 0.753. The summed E-state index contributed by atoms with van der Waals surface area (Å²) in [5.41, 5.74) is 1.60. The standard InChI is InChI=1S/C14H13N5OS/c20-13(15-7-6-10-4-2-1-3-5-10)11-8-21-14(18-11)12-16-9-17-19-12/h1-5,8-9H,6-7H2,(H,15,20)(H,16,17,19). The Morgan fingerprint density at radius 3 is 2.90 bits per heavy atom. The molecule has 1 aromatic carbocycles. The SMILES string of the molecule is O=C(NCCc1ccccc1)c1csc(-c2ncn[nH]2)n1. The minimum Gasteiger partial charge on any atom is -0.350 e. The monoisotopic (exact) mass is 299 g/mol. The van der Waals surface area contributed by atoms with E-state index in [1.54, 1.807) is 5.38 Å². The van der Waals surface area contributed by atoms with Crippen LogP contribution in [0.2, 0.25) is 0 Å². The van der Waals surface area contributed by atoms with Crippen molar-refractivity contribution in [2.75, 3.05) is 6.54 Å². The molecular formula is C14H13N5OS. The van der Waals surface area contributed by atoms with Crippen molar-refractivity contribution in [1.82, 2.24) is 25.5 Å². The molecule has 2 aromatic heterocycles. The fourth-order valence-corrected chi connectivity index (χ4v) is 2.59. The third kappa shape index (κ3) is 3.32. The van der Waals surface area contributed by atoms with Gasteiger partial charge in [-0.1, -0.05) is 30.3 Å². The number of aromatic nitrogens is 4. The molecule has 3 rings (SSSR count). The first-order chi connectivity index (χ1) is 10.3. The van der Waals surface area contributed by atoms with Gasteiger partial charge < -0.3 is 5.32 Å². The summed E-state index contributed by atoms with van der Waals surface area (Å²) in [6.07, 6.45) is 2.21. The predicted octanol–water partition coefficient (Wildman–Crippen LogP) is 1.90. The molecule has 21 heavy (non-hydrogen) atoms. The second-order valence-corrected chi connectivity index (χ2v) is 5.22. The Balaban J connectivity index is 1.56. The van der Waals surface area contributed by atoms with Crippen LogP contribution in [-0.4, -0.2) is 32.6 Å². The number of thiazole rings is 1. The summed E-state index contributed by atoms with van der Waals surface area (Å²) in [6.45, 7) is 0.581. The third-order valence-corrected chi connectivity index (χ3v) is 3.75. The molecule has 0 aliphatic heterocycles. The molecule has 0 atom stereocenters. The van der Waals surface area contributed by atoms with Crippen LogP contribution in [0.1, 0.15) is 16.1 Å². The Kier molecular flexibility index (Phi) is 4.02. The van der Waals surface area contributed by atoms with E-state index in [0.717, 1.165) is 6.42 Å². The van der Waals surface area contributed by atoms with Gasteiger partial charge in [-0.15, -0.1) is 11.3 Å². The first-order valence-corrected chi connectivity index (χ1v) is 7.34. The van der Waals surface area contributed by atoms with Crippen molar-refractivity contribution < 1.29 is 4.79 Å².